The van der Waals surface area contributed by atoms with Crippen LogP contribution >= 0.6 is 11.8 Å². The Bertz CT molecular complexity index is 2370. The van der Waals surface area contributed by atoms with Crippen molar-refractivity contribution in [3.05, 3.63) is 117 Å². The Labute approximate surface area is 301 Å². The normalized spacial score (nSPS) is 22.5. The van der Waals surface area contributed by atoms with Crippen LogP contribution < -0.4 is 5.56 Å². The van der Waals surface area contributed by atoms with Gasteiger partial charge in [-0.05, 0) is 78.2 Å². The Hall–Kier alpha value is -3.96. The van der Waals surface area contributed by atoms with Gasteiger partial charge in [0.1, 0.15) is 12.4 Å². The Morgan fingerprint density at radius 2 is 1.65 bits per heavy atom. The highest BCUT2D eigenvalue weighted by atomic mass is 32.2. The molecule has 0 saturated carbocycles. The summed E-state index contributed by atoms with van der Waals surface area (Å²) in [7, 11) is 0. The van der Waals surface area contributed by atoms with Crippen molar-refractivity contribution in [2.45, 2.75) is 63.7 Å². The fraction of sp³-hybridized carbons (Fsp3) is 0.378. The lowest BCUT2D eigenvalue weighted by Crippen LogP contribution is -2.40. The summed E-state index contributed by atoms with van der Waals surface area (Å²) in [6, 6.07) is 6.59. The Morgan fingerprint density at radius 3 is 2.25 bits per heavy atom. The molecule has 1 atom stereocenters. The van der Waals surface area contributed by atoms with Crippen molar-refractivity contribution in [1.82, 2.24) is 19.4 Å². The van der Waals surface area contributed by atoms with Crippen LogP contribution in [0.3, 0.4) is 0 Å². The highest BCUT2D eigenvalue weighted by molar-refractivity contribution is 7.98. The largest absolute Gasteiger partial charge is 0.416 e. The number of carbonyl (C=O) groups excluding carboxylic acids is 1. The molecule has 48 heavy (non-hydrogen) atoms. The molecule has 1 amide bonds. The summed E-state index contributed by atoms with van der Waals surface area (Å²) in [5, 5.41) is -0.552. The molecule has 6 nitrogen and oxygen atoms in total. The van der Waals surface area contributed by atoms with E-state index < -0.39 is 120 Å². The highest BCUT2D eigenvalue weighted by Gasteiger charge is 2.30. The Kier molecular flexibility index (Phi) is 7.07. The molecule has 0 fully saturated rings. The van der Waals surface area contributed by atoms with Gasteiger partial charge in [-0.3, -0.25) is 9.59 Å². The van der Waals surface area contributed by atoms with Gasteiger partial charge in [0, 0.05) is 46.1 Å². The minimum absolute atomic E-state index is 0.0123. The van der Waals surface area contributed by atoms with Crippen molar-refractivity contribution in [2.24, 2.45) is 5.89 Å². The molecule has 0 aliphatic heterocycles. The summed E-state index contributed by atoms with van der Waals surface area (Å²) in [5.74, 6) is -5.98. The summed E-state index contributed by atoms with van der Waals surface area (Å²) in [6.07, 6.45) is -10.6. The van der Waals surface area contributed by atoms with Gasteiger partial charge in [-0.1, -0.05) is 81.0 Å². The fourth-order valence-corrected chi connectivity index (χ4v) is 5.60. The fourth-order valence-electron chi connectivity index (χ4n) is 4.72. The summed E-state index contributed by atoms with van der Waals surface area (Å²) in [6.45, 7) is -3.90. The molecule has 1 unspecified atom stereocenters. The number of fused-ring (bicyclic) bond motifs is 1. The number of thioether (sulfide) groups is 1. The smallest absolute Gasteiger partial charge is 0.336 e. The molecule has 1 heterocycles. The van der Waals surface area contributed by atoms with Crippen molar-refractivity contribution < 1.29 is 40.2 Å². The molecule has 3 aromatic carbocycles. The average Bonchev–Trinajstić information content (AvgIpc) is 3.29. The molecule has 1 aliphatic rings. The molecule has 0 saturated heterocycles. The van der Waals surface area contributed by atoms with Crippen molar-refractivity contribution in [2.75, 3.05) is 26.1 Å². The first-order valence-corrected chi connectivity index (χ1v) is 15.8. The third-order valence-electron chi connectivity index (χ3n) is 7.30. The van der Waals surface area contributed by atoms with Crippen LogP contribution in [0.1, 0.15) is 66.5 Å². The Balaban J connectivity index is 1.66. The van der Waals surface area contributed by atoms with E-state index in [1.54, 1.807) is 13.8 Å². The number of halogens is 4. The average molecular weight is 694 g/mol. The maximum atomic E-state index is 14.7. The van der Waals surface area contributed by atoms with E-state index in [0.29, 0.717) is 27.8 Å². The zero-order valence-corrected chi connectivity index (χ0v) is 27.0. The second-order valence-corrected chi connectivity index (χ2v) is 11.6. The predicted octanol–water partition coefficient (Wildman–Crippen LogP) is 7.47. The van der Waals surface area contributed by atoms with E-state index in [9.17, 15) is 29.9 Å². The third-order valence-corrected chi connectivity index (χ3v) is 8.30. The lowest BCUT2D eigenvalue weighted by atomic mass is 10.0. The van der Waals surface area contributed by atoms with Crippen LogP contribution in [-0.4, -0.2) is 51.3 Å². The van der Waals surface area contributed by atoms with Gasteiger partial charge < -0.3 is 14.4 Å². The van der Waals surface area contributed by atoms with Gasteiger partial charge >= 0.3 is 6.18 Å². The number of carbonyl (C=O) groups is 1. The summed E-state index contributed by atoms with van der Waals surface area (Å²) >= 11 is 0.481. The quantitative estimate of drug-likeness (QED) is 0.0827. The highest BCUT2D eigenvalue weighted by Crippen LogP contribution is 2.32. The first-order valence-electron chi connectivity index (χ1n) is 21.4. The van der Waals surface area contributed by atoms with Crippen LogP contribution in [0.4, 0.5) is 17.6 Å². The molecule has 4 aromatic rings. The molecule has 11 heteroatoms. The molecular formula is C37H40F4N4O2S. The number of likely N-dealkylation sites (N-methyl/N-ethyl adjacent to an activating group) is 1. The van der Waals surface area contributed by atoms with Gasteiger partial charge in [-0.2, -0.15) is 18.2 Å². The number of alkyl halides is 3. The zero-order chi connectivity index (χ0) is 46.0. The minimum atomic E-state index is -4.56. The molecule has 5 rings (SSSR count). The van der Waals surface area contributed by atoms with Crippen LogP contribution in [0.5, 0.6) is 0 Å². The number of amides is 1. The summed E-state index contributed by atoms with van der Waals surface area (Å²) < 4.78 is 167. The van der Waals surface area contributed by atoms with Gasteiger partial charge in [-0.15, -0.1) is 0 Å². The summed E-state index contributed by atoms with van der Waals surface area (Å²) in [5.41, 5.74) is -3.23. The van der Waals surface area contributed by atoms with Crippen molar-refractivity contribution >= 4 is 17.7 Å². The number of rotatable bonds is 13. The lowest BCUT2D eigenvalue weighted by molar-refractivity contribution is -0.137. The molecule has 1 aliphatic carbocycles. The van der Waals surface area contributed by atoms with Crippen LogP contribution in [0.15, 0.2) is 82.7 Å². The molecule has 254 valence electrons. The SMILES string of the molecule is [2H]c1c([2H])c(CSc2nc(=O)c3c(n2CC(=O)N(Cc2ccc(-c4ccc(C(F)(F)F)cc4)cc2)C([2H])([2H])C([2H])([2H])N(CC)CC)C([2H])([2H])C([2H])(C)C3([2H])[2H])c([2H])c([2H])c1F. The van der Waals surface area contributed by atoms with Gasteiger partial charge in [0.25, 0.3) is 5.56 Å². The number of nitrogens with zero attached hydrogens (tertiary/aromatic N) is 4. The first-order chi connectivity index (χ1) is 28.0. The number of hydrogen-bond donors (Lipinski definition) is 0. The maximum absolute atomic E-state index is 14.7. The van der Waals surface area contributed by atoms with Gasteiger partial charge in [0.15, 0.2) is 5.16 Å². The van der Waals surface area contributed by atoms with Gasteiger partial charge in [-0.25, -0.2) is 4.39 Å². The molecule has 0 N–H and O–H groups in total. The zero-order valence-electron chi connectivity index (χ0n) is 39.2. The first kappa shape index (κ1) is 21.9. The number of benzene rings is 3. The Morgan fingerprint density at radius 1 is 1.02 bits per heavy atom. The van der Waals surface area contributed by atoms with E-state index >= 15 is 0 Å². The molecule has 1 aromatic heterocycles. The minimum Gasteiger partial charge on any atom is -0.336 e. The maximum Gasteiger partial charge on any atom is 0.416 e. The molecule has 0 bridgehead atoms. The monoisotopic (exact) mass is 693 g/mol. The van der Waals surface area contributed by atoms with E-state index in [0.717, 1.165) is 28.5 Å². The van der Waals surface area contributed by atoms with Crippen molar-refractivity contribution in [1.29, 1.82) is 0 Å². The number of aromatic nitrogens is 2. The molecule has 0 spiro atoms. The second-order valence-electron chi connectivity index (χ2n) is 10.6. The van der Waals surface area contributed by atoms with E-state index in [1.165, 1.54) is 36.4 Å². The van der Waals surface area contributed by atoms with E-state index in [4.69, 9.17) is 15.1 Å². The standard InChI is InChI=1S/C37H40F4N4O2S/c1-4-43(5-2)18-19-44(22-26-6-10-28(11-7-26)29-12-14-30(15-13-29)37(39,40)41)34(46)23-45-33-21-25(3)20-32(33)35(47)42-36(45)48-24-27-8-16-31(38)17-9-27/h6-17,25H,4-5,18-24H2,1-3H3/i8D,9D,16D,17D,18D2,19D2,20D2,21D2,25D. The van der Waals surface area contributed by atoms with E-state index in [2.05, 4.69) is 4.98 Å². The van der Waals surface area contributed by atoms with Crippen LogP contribution in [0.2, 0.25) is 0 Å². The molecular weight excluding hydrogens is 640 g/mol. The lowest BCUT2D eigenvalue weighted by Gasteiger charge is -2.28. The van der Waals surface area contributed by atoms with Crippen LogP contribution in [0.25, 0.3) is 11.1 Å². The van der Waals surface area contributed by atoms with E-state index in [-0.39, 0.29) is 24.2 Å². The third kappa shape index (κ3) is 8.73. The van der Waals surface area contributed by atoms with Crippen LogP contribution in [0, 0.1) is 11.7 Å². The number of hydrogen-bond acceptors (Lipinski definition) is 5. The summed E-state index contributed by atoms with van der Waals surface area (Å²) in [4.78, 5) is 33.9. The van der Waals surface area contributed by atoms with E-state index in [1.807, 2.05) is 0 Å². The van der Waals surface area contributed by atoms with Crippen LogP contribution in [-0.2, 0) is 42.6 Å². The van der Waals surface area contributed by atoms with Gasteiger partial charge in [0.05, 0.1) is 13.8 Å². The second kappa shape index (κ2) is 15.5. The predicted molar refractivity (Wildman–Crippen MR) is 181 cm³/mol. The van der Waals surface area contributed by atoms with Crippen molar-refractivity contribution in [3.8, 4) is 11.1 Å². The molecule has 0 radical (unpaired) electrons. The van der Waals surface area contributed by atoms with Crippen molar-refractivity contribution in [3.63, 3.8) is 0 Å². The topological polar surface area (TPSA) is 58.4 Å². The van der Waals surface area contributed by atoms with Gasteiger partial charge in [0.2, 0.25) is 5.91 Å².